The summed E-state index contributed by atoms with van der Waals surface area (Å²) < 4.78 is 54.6. The largest absolute Gasteiger partial charge is 0.489 e. The summed E-state index contributed by atoms with van der Waals surface area (Å²) in [5, 5.41) is 0. The number of hydrogen-bond acceptors (Lipinski definition) is 4. The van der Waals surface area contributed by atoms with Crippen molar-refractivity contribution in [3.63, 3.8) is 0 Å². The van der Waals surface area contributed by atoms with Gasteiger partial charge in [0.25, 0.3) is 0 Å². The molecule has 0 unspecified atom stereocenters. The maximum absolute atomic E-state index is 12.7. The minimum Gasteiger partial charge on any atom is -0.489 e. The molecule has 5 nitrogen and oxygen atoms in total. The molecule has 1 saturated heterocycles. The average Bonchev–Trinajstić information content (AvgIpc) is 2.94. The third-order valence-corrected chi connectivity index (χ3v) is 4.00. The monoisotopic (exact) mass is 389 g/mol. The summed E-state index contributed by atoms with van der Waals surface area (Å²) in [6, 6.07) is 4.33. The molecule has 2 rings (SSSR count). The number of nitrogens with zero attached hydrogens (tertiary/aromatic N) is 1. The zero-order valence-electron chi connectivity index (χ0n) is 16.0. The number of benzene rings is 1. The van der Waals surface area contributed by atoms with Crippen molar-refractivity contribution in [1.82, 2.24) is 4.90 Å². The van der Waals surface area contributed by atoms with Crippen molar-refractivity contribution in [2.45, 2.75) is 58.0 Å². The topological polar surface area (TPSA) is 48.0 Å². The molecule has 1 amide bonds. The summed E-state index contributed by atoms with van der Waals surface area (Å²) in [6.07, 6.45) is -4.67. The zero-order chi connectivity index (χ0) is 20.2. The van der Waals surface area contributed by atoms with Crippen LogP contribution in [0.5, 0.6) is 5.75 Å². The van der Waals surface area contributed by atoms with Crippen molar-refractivity contribution in [2.75, 3.05) is 19.8 Å². The van der Waals surface area contributed by atoms with E-state index in [1.54, 1.807) is 25.7 Å². The number of rotatable bonds is 5. The molecule has 1 aromatic carbocycles. The van der Waals surface area contributed by atoms with Gasteiger partial charge in [0.05, 0.1) is 24.8 Å². The van der Waals surface area contributed by atoms with Gasteiger partial charge in [-0.25, -0.2) is 4.79 Å². The predicted molar refractivity (Wildman–Crippen MR) is 93.7 cm³/mol. The highest BCUT2D eigenvalue weighted by Gasteiger charge is 2.39. The van der Waals surface area contributed by atoms with Crippen molar-refractivity contribution in [3.8, 4) is 5.75 Å². The molecule has 0 spiro atoms. The summed E-state index contributed by atoms with van der Waals surface area (Å²) in [4.78, 5) is 14.0. The Morgan fingerprint density at radius 1 is 1.19 bits per heavy atom. The van der Waals surface area contributed by atoms with Gasteiger partial charge < -0.3 is 14.2 Å². The number of halogens is 3. The van der Waals surface area contributed by atoms with Crippen LogP contribution in [0.3, 0.4) is 0 Å². The van der Waals surface area contributed by atoms with E-state index < -0.39 is 23.4 Å². The van der Waals surface area contributed by atoms with Crippen molar-refractivity contribution >= 4 is 6.09 Å². The molecule has 2 atom stereocenters. The fourth-order valence-electron chi connectivity index (χ4n) is 2.83. The van der Waals surface area contributed by atoms with E-state index in [-0.39, 0.29) is 18.7 Å². The Morgan fingerprint density at radius 3 is 2.33 bits per heavy atom. The number of alkyl halides is 3. The maximum atomic E-state index is 12.7. The summed E-state index contributed by atoms with van der Waals surface area (Å²) in [6.45, 7) is 8.38. The number of likely N-dealkylation sites (tertiary alicyclic amines) is 1. The highest BCUT2D eigenvalue weighted by Crippen LogP contribution is 2.31. The molecule has 0 aliphatic carbocycles. The lowest BCUT2D eigenvalue weighted by molar-refractivity contribution is -0.137. The summed E-state index contributed by atoms with van der Waals surface area (Å²) in [5.41, 5.74) is -1.36. The van der Waals surface area contributed by atoms with Gasteiger partial charge in [-0.05, 0) is 52.0 Å². The molecule has 0 bridgehead atoms. The van der Waals surface area contributed by atoms with Gasteiger partial charge in [0, 0.05) is 13.0 Å². The molecule has 0 radical (unpaired) electrons. The Kier molecular flexibility index (Phi) is 6.62. The highest BCUT2D eigenvalue weighted by molar-refractivity contribution is 5.69. The maximum Gasteiger partial charge on any atom is 0.416 e. The molecule has 1 aliphatic heterocycles. The van der Waals surface area contributed by atoms with Crippen LogP contribution in [-0.4, -0.2) is 48.5 Å². The van der Waals surface area contributed by atoms with Crippen LogP contribution in [0.25, 0.3) is 0 Å². The first kappa shape index (κ1) is 21.3. The van der Waals surface area contributed by atoms with Gasteiger partial charge in [0.1, 0.15) is 17.5 Å². The van der Waals surface area contributed by atoms with Gasteiger partial charge >= 0.3 is 12.3 Å². The van der Waals surface area contributed by atoms with Crippen LogP contribution in [0, 0.1) is 0 Å². The lowest BCUT2D eigenvalue weighted by atomic mass is 10.2. The normalized spacial score (nSPS) is 20.6. The van der Waals surface area contributed by atoms with E-state index in [0.717, 1.165) is 12.1 Å². The smallest absolute Gasteiger partial charge is 0.416 e. The molecule has 1 aliphatic rings. The molecule has 1 fully saturated rings. The second-order valence-electron chi connectivity index (χ2n) is 7.44. The second-order valence-corrected chi connectivity index (χ2v) is 7.44. The van der Waals surface area contributed by atoms with Gasteiger partial charge in [-0.15, -0.1) is 0 Å². The lowest BCUT2D eigenvalue weighted by Gasteiger charge is -2.28. The predicted octanol–water partition coefficient (Wildman–Crippen LogP) is 4.50. The van der Waals surface area contributed by atoms with E-state index in [0.29, 0.717) is 25.4 Å². The zero-order valence-corrected chi connectivity index (χ0v) is 16.0. The quantitative estimate of drug-likeness (QED) is 0.744. The third-order valence-electron chi connectivity index (χ3n) is 4.00. The molecule has 0 N–H and O–H groups in total. The fourth-order valence-corrected chi connectivity index (χ4v) is 2.83. The Balaban J connectivity index is 2.04. The SMILES string of the molecule is CCOC[C@@H]1C[C@@H](Oc2ccc(C(F)(F)F)cc2)CN1C(=O)OC(C)(C)C. The van der Waals surface area contributed by atoms with Crippen molar-refractivity contribution in [2.24, 2.45) is 0 Å². The van der Waals surface area contributed by atoms with Gasteiger partial charge in [0.2, 0.25) is 0 Å². The van der Waals surface area contributed by atoms with E-state index in [2.05, 4.69) is 0 Å². The Bertz CT molecular complexity index is 625. The van der Waals surface area contributed by atoms with Crippen LogP contribution in [0.1, 0.15) is 39.7 Å². The van der Waals surface area contributed by atoms with E-state index in [9.17, 15) is 18.0 Å². The summed E-state index contributed by atoms with van der Waals surface area (Å²) in [5.74, 6) is 0.328. The van der Waals surface area contributed by atoms with Crippen LogP contribution in [0.2, 0.25) is 0 Å². The molecular weight excluding hydrogens is 363 g/mol. The molecule has 0 aromatic heterocycles. The number of carbonyl (C=O) groups is 1. The minimum atomic E-state index is -4.39. The molecule has 1 aromatic rings. The lowest BCUT2D eigenvalue weighted by Crippen LogP contribution is -2.42. The number of hydrogen-bond donors (Lipinski definition) is 0. The fraction of sp³-hybridized carbons (Fsp3) is 0.632. The van der Waals surface area contributed by atoms with E-state index >= 15 is 0 Å². The molecular formula is C19H26F3NO4. The number of ether oxygens (including phenoxy) is 3. The standard InChI is InChI=1S/C19H26F3NO4/c1-5-25-12-14-10-16(11-23(14)17(24)27-18(2,3)4)26-15-8-6-13(7-9-15)19(20,21)22/h6-9,14,16H,5,10-12H2,1-4H3/t14-,16+/m0/s1. The highest BCUT2D eigenvalue weighted by atomic mass is 19.4. The van der Waals surface area contributed by atoms with Crippen LogP contribution < -0.4 is 4.74 Å². The molecule has 1 heterocycles. The minimum absolute atomic E-state index is 0.209. The molecule has 0 saturated carbocycles. The van der Waals surface area contributed by atoms with E-state index in [1.165, 1.54) is 12.1 Å². The van der Waals surface area contributed by atoms with Crippen LogP contribution in [-0.2, 0) is 15.7 Å². The van der Waals surface area contributed by atoms with Crippen LogP contribution >= 0.6 is 0 Å². The average molecular weight is 389 g/mol. The first-order chi connectivity index (χ1) is 12.5. The van der Waals surface area contributed by atoms with Crippen molar-refractivity contribution in [3.05, 3.63) is 29.8 Å². The van der Waals surface area contributed by atoms with E-state index in [4.69, 9.17) is 14.2 Å². The molecule has 8 heteroatoms. The first-order valence-electron chi connectivity index (χ1n) is 8.91. The van der Waals surface area contributed by atoms with Crippen LogP contribution in [0.15, 0.2) is 24.3 Å². The van der Waals surface area contributed by atoms with Gasteiger partial charge in [-0.3, -0.25) is 4.90 Å². The second kappa shape index (κ2) is 8.37. The Hall–Kier alpha value is -1.96. The number of amides is 1. The van der Waals surface area contributed by atoms with Crippen LogP contribution in [0.4, 0.5) is 18.0 Å². The third kappa shape index (κ3) is 6.30. The van der Waals surface area contributed by atoms with Gasteiger partial charge in [0.15, 0.2) is 0 Å². The van der Waals surface area contributed by atoms with Crippen molar-refractivity contribution in [1.29, 1.82) is 0 Å². The van der Waals surface area contributed by atoms with Gasteiger partial charge in [-0.2, -0.15) is 13.2 Å². The van der Waals surface area contributed by atoms with E-state index in [1.807, 2.05) is 6.92 Å². The molecule has 152 valence electrons. The van der Waals surface area contributed by atoms with Crippen molar-refractivity contribution < 1.29 is 32.2 Å². The Morgan fingerprint density at radius 2 is 1.81 bits per heavy atom. The van der Waals surface area contributed by atoms with Gasteiger partial charge in [-0.1, -0.05) is 0 Å². The summed E-state index contributed by atoms with van der Waals surface area (Å²) >= 11 is 0. The number of carbonyl (C=O) groups excluding carboxylic acids is 1. The first-order valence-corrected chi connectivity index (χ1v) is 8.91. The molecule has 27 heavy (non-hydrogen) atoms. The summed E-state index contributed by atoms with van der Waals surface area (Å²) in [7, 11) is 0. The Labute approximate surface area is 157 Å².